The molecule has 0 rings (SSSR count). The Morgan fingerprint density at radius 3 is 1.14 bits per heavy atom. The van der Waals surface area contributed by atoms with E-state index in [1.807, 2.05) is 0 Å². The van der Waals surface area contributed by atoms with E-state index < -0.39 is 20.0 Å². The normalized spacial score (nSPS) is 12.4. The van der Waals surface area contributed by atoms with E-state index in [1.165, 1.54) is 38.5 Å². The molecule has 224 valence electrons. The van der Waals surface area contributed by atoms with Gasteiger partial charge in [-0.25, -0.2) is 26.3 Å². The predicted octanol–water partition coefficient (Wildman–Crippen LogP) is 4.38. The molecule has 0 bridgehead atoms. The zero-order valence-corrected chi connectivity index (χ0v) is 25.3. The van der Waals surface area contributed by atoms with Crippen molar-refractivity contribution < 1.29 is 31.0 Å². The summed E-state index contributed by atoms with van der Waals surface area (Å²) in [6.45, 7) is 7.87. The molecule has 9 nitrogen and oxygen atoms in total. The van der Waals surface area contributed by atoms with Crippen molar-refractivity contribution in [2.75, 3.05) is 64.2 Å². The number of sulfonamides is 2. The predicted molar refractivity (Wildman–Crippen MR) is 152 cm³/mol. The molecule has 37 heavy (non-hydrogen) atoms. The van der Waals surface area contributed by atoms with Crippen molar-refractivity contribution in [2.24, 2.45) is 0 Å². The molecule has 0 aromatic carbocycles. The summed E-state index contributed by atoms with van der Waals surface area (Å²) < 4.78 is 69.4. The lowest BCUT2D eigenvalue weighted by atomic mass is 10.1. The lowest BCUT2D eigenvalue weighted by molar-refractivity contribution is 0.0141. The van der Waals surface area contributed by atoms with Crippen LogP contribution in [0.25, 0.3) is 0 Å². The molecular weight excluding hydrogens is 516 g/mol. The van der Waals surface area contributed by atoms with Crippen molar-refractivity contribution in [1.29, 1.82) is 0 Å². The summed E-state index contributed by atoms with van der Waals surface area (Å²) in [5.74, 6) is 0.398. The Balaban J connectivity index is 3.39. The first-order valence-electron chi connectivity index (χ1n) is 14.5. The van der Waals surface area contributed by atoms with Crippen LogP contribution < -0.4 is 9.44 Å². The number of nitrogens with one attached hydrogen (secondary N) is 2. The molecule has 0 spiro atoms. The molecular formula is C26H56N2O7S2. The number of hydrogen-bond donors (Lipinski definition) is 2. The molecule has 2 N–H and O–H groups in total. The maximum atomic E-state index is 11.9. The van der Waals surface area contributed by atoms with Gasteiger partial charge in [0.2, 0.25) is 20.0 Å². The zero-order chi connectivity index (χ0) is 27.5. The molecule has 0 fully saturated rings. The number of unbranched alkanes of at least 4 members (excludes halogenated alkanes) is 10. The molecule has 0 radical (unpaired) electrons. The highest BCUT2D eigenvalue weighted by Crippen LogP contribution is 2.07. The van der Waals surface area contributed by atoms with Crippen molar-refractivity contribution in [1.82, 2.24) is 9.44 Å². The second kappa shape index (κ2) is 26.0. The highest BCUT2D eigenvalue weighted by Gasteiger charge is 2.09. The third-order valence-corrected chi connectivity index (χ3v) is 8.79. The van der Waals surface area contributed by atoms with Gasteiger partial charge in [-0.05, 0) is 25.7 Å². The molecule has 0 unspecified atom stereocenters. The summed E-state index contributed by atoms with van der Waals surface area (Å²) in [7, 11) is -6.37. The van der Waals surface area contributed by atoms with E-state index in [4.69, 9.17) is 14.2 Å². The van der Waals surface area contributed by atoms with Crippen molar-refractivity contribution in [3.8, 4) is 0 Å². The minimum atomic E-state index is -3.18. The molecule has 0 amide bonds. The molecule has 0 aromatic rings. The number of hydrogen-bond acceptors (Lipinski definition) is 7. The summed E-state index contributed by atoms with van der Waals surface area (Å²) in [6.07, 6.45) is 14.0. The Bertz CT molecular complexity index is 631. The van der Waals surface area contributed by atoms with Crippen LogP contribution in [-0.2, 0) is 34.3 Å². The van der Waals surface area contributed by atoms with Crippen LogP contribution in [0.15, 0.2) is 0 Å². The van der Waals surface area contributed by atoms with Gasteiger partial charge < -0.3 is 14.2 Å². The van der Waals surface area contributed by atoms with E-state index in [1.54, 1.807) is 0 Å². The molecule has 0 aliphatic carbocycles. The standard InChI is InChI=1S/C26H56N2O7S2/c1-3-5-7-9-11-13-25-36(29,30)27-17-15-19-33-21-23-35-24-22-34-20-16-18-28-37(31,32)26-14-12-10-8-6-4-2/h27-28H,3-26H2,1-2H3. The summed E-state index contributed by atoms with van der Waals surface area (Å²) >= 11 is 0. The van der Waals surface area contributed by atoms with E-state index in [-0.39, 0.29) is 11.5 Å². The number of rotatable bonds is 30. The lowest BCUT2D eigenvalue weighted by Crippen LogP contribution is -2.28. The average Bonchev–Trinajstić information content (AvgIpc) is 2.85. The van der Waals surface area contributed by atoms with Gasteiger partial charge in [0.25, 0.3) is 0 Å². The first-order chi connectivity index (χ1) is 17.8. The van der Waals surface area contributed by atoms with Crippen molar-refractivity contribution in [3.05, 3.63) is 0 Å². The highest BCUT2D eigenvalue weighted by molar-refractivity contribution is 7.89. The molecule has 11 heteroatoms. The third kappa shape index (κ3) is 28.5. The van der Waals surface area contributed by atoms with Crippen LogP contribution in [-0.4, -0.2) is 81.1 Å². The lowest BCUT2D eigenvalue weighted by Gasteiger charge is -2.09. The molecule has 0 saturated carbocycles. The van der Waals surface area contributed by atoms with E-state index >= 15 is 0 Å². The van der Waals surface area contributed by atoms with Crippen LogP contribution in [0.2, 0.25) is 0 Å². The fraction of sp³-hybridized carbons (Fsp3) is 1.00. The first-order valence-corrected chi connectivity index (χ1v) is 17.8. The molecule has 0 atom stereocenters. The van der Waals surface area contributed by atoms with Crippen molar-refractivity contribution in [2.45, 2.75) is 104 Å². The topological polar surface area (TPSA) is 120 Å². The quantitative estimate of drug-likeness (QED) is 0.123. The van der Waals surface area contributed by atoms with Crippen LogP contribution in [0.4, 0.5) is 0 Å². The Morgan fingerprint density at radius 2 is 0.757 bits per heavy atom. The second-order valence-electron chi connectivity index (χ2n) is 9.51. The highest BCUT2D eigenvalue weighted by atomic mass is 32.2. The first kappa shape index (κ1) is 36.7. The van der Waals surface area contributed by atoms with Gasteiger partial charge in [-0.15, -0.1) is 0 Å². The minimum absolute atomic E-state index is 0.199. The zero-order valence-electron chi connectivity index (χ0n) is 23.6. The minimum Gasteiger partial charge on any atom is -0.379 e. The Morgan fingerprint density at radius 1 is 0.432 bits per heavy atom. The van der Waals surface area contributed by atoms with Crippen LogP contribution >= 0.6 is 0 Å². The van der Waals surface area contributed by atoms with Gasteiger partial charge in [0.05, 0.1) is 37.9 Å². The SMILES string of the molecule is CCCCCCCCS(=O)(=O)NCCCOCCOCCOCCCNS(=O)(=O)CCCCCCCC. The summed E-state index contributed by atoms with van der Waals surface area (Å²) in [6, 6.07) is 0. The molecule has 0 saturated heterocycles. The fourth-order valence-electron chi connectivity index (χ4n) is 3.63. The van der Waals surface area contributed by atoms with E-state index in [2.05, 4.69) is 23.3 Å². The molecule has 0 aromatic heterocycles. The van der Waals surface area contributed by atoms with Crippen LogP contribution in [0.5, 0.6) is 0 Å². The monoisotopic (exact) mass is 572 g/mol. The molecule has 0 heterocycles. The van der Waals surface area contributed by atoms with Crippen molar-refractivity contribution in [3.63, 3.8) is 0 Å². The van der Waals surface area contributed by atoms with Gasteiger partial charge >= 0.3 is 0 Å². The van der Waals surface area contributed by atoms with Crippen LogP contribution in [0.3, 0.4) is 0 Å². The average molecular weight is 573 g/mol. The Labute approximate surface area is 228 Å². The smallest absolute Gasteiger partial charge is 0.211 e. The summed E-state index contributed by atoms with van der Waals surface area (Å²) in [5, 5.41) is 0. The van der Waals surface area contributed by atoms with Gasteiger partial charge in [-0.2, -0.15) is 0 Å². The van der Waals surface area contributed by atoms with E-state index in [9.17, 15) is 16.8 Å². The maximum absolute atomic E-state index is 11.9. The van der Waals surface area contributed by atoms with Gasteiger partial charge in [0.15, 0.2) is 0 Å². The van der Waals surface area contributed by atoms with Crippen LogP contribution in [0.1, 0.15) is 104 Å². The third-order valence-electron chi connectivity index (χ3n) is 5.85. The molecule has 0 aliphatic rings. The molecule has 0 aliphatic heterocycles. The van der Waals surface area contributed by atoms with Crippen molar-refractivity contribution >= 4 is 20.0 Å². The summed E-state index contributed by atoms with van der Waals surface area (Å²) in [5.41, 5.74) is 0. The van der Waals surface area contributed by atoms with Gasteiger partial charge in [-0.1, -0.05) is 78.1 Å². The Kier molecular flexibility index (Phi) is 25.7. The van der Waals surface area contributed by atoms with Gasteiger partial charge in [0.1, 0.15) is 0 Å². The van der Waals surface area contributed by atoms with E-state index in [0.29, 0.717) is 78.4 Å². The summed E-state index contributed by atoms with van der Waals surface area (Å²) in [4.78, 5) is 0. The van der Waals surface area contributed by atoms with Crippen LogP contribution in [0, 0.1) is 0 Å². The van der Waals surface area contributed by atoms with E-state index in [0.717, 1.165) is 25.7 Å². The van der Waals surface area contributed by atoms with Gasteiger partial charge in [-0.3, -0.25) is 0 Å². The second-order valence-corrected chi connectivity index (χ2v) is 13.4. The largest absolute Gasteiger partial charge is 0.379 e. The van der Waals surface area contributed by atoms with Gasteiger partial charge in [0, 0.05) is 26.3 Å². The maximum Gasteiger partial charge on any atom is 0.211 e. The fourth-order valence-corrected chi connectivity index (χ4v) is 6.00. The number of ether oxygens (including phenoxy) is 3. The Hall–Kier alpha value is -0.300.